The van der Waals surface area contributed by atoms with E-state index in [-0.39, 0.29) is 24.2 Å². The molecule has 0 fully saturated rings. The molecule has 0 atom stereocenters. The van der Waals surface area contributed by atoms with E-state index in [9.17, 15) is 13.6 Å². The molecule has 18 heavy (non-hydrogen) atoms. The minimum atomic E-state index is -2.68. The van der Waals surface area contributed by atoms with Crippen molar-refractivity contribution in [1.82, 2.24) is 4.98 Å². The average Bonchev–Trinajstić information content (AvgIpc) is 2.31. The Morgan fingerprint density at radius 3 is 2.72 bits per heavy atom. The summed E-state index contributed by atoms with van der Waals surface area (Å²) in [5.74, 6) is -0.535. The second kappa shape index (κ2) is 7.13. The van der Waals surface area contributed by atoms with E-state index in [1.807, 2.05) is 0 Å². The molecule has 1 heterocycles. The van der Waals surface area contributed by atoms with Crippen LogP contribution in [0.5, 0.6) is 0 Å². The first-order valence-electron chi connectivity index (χ1n) is 5.17. The van der Waals surface area contributed by atoms with Gasteiger partial charge in [0.05, 0.1) is 18.7 Å². The van der Waals surface area contributed by atoms with Crippen LogP contribution in [0, 0.1) is 0 Å². The summed E-state index contributed by atoms with van der Waals surface area (Å²) in [5.41, 5.74) is 0.547. The first-order valence-corrected chi connectivity index (χ1v) is 7.08. The van der Waals surface area contributed by atoms with E-state index in [1.54, 1.807) is 6.92 Å². The molecule has 0 aromatic carbocycles. The molecular weight excluding hydrogens is 376 g/mol. The molecule has 0 bridgehead atoms. The Hall–Kier alpha value is -0.560. The third-order valence-corrected chi connectivity index (χ3v) is 3.68. The number of carbonyl (C=O) groups excluding carboxylic acids is 1. The van der Waals surface area contributed by atoms with Gasteiger partial charge in [-0.05, 0) is 28.4 Å². The maximum atomic E-state index is 12.9. The fourth-order valence-electron chi connectivity index (χ4n) is 1.40. The number of pyridine rings is 1. The molecular formula is C11H11Br2F2NO2. The summed E-state index contributed by atoms with van der Waals surface area (Å²) in [7, 11) is 0. The van der Waals surface area contributed by atoms with Gasteiger partial charge in [0, 0.05) is 21.6 Å². The van der Waals surface area contributed by atoms with E-state index in [2.05, 4.69) is 36.8 Å². The summed E-state index contributed by atoms with van der Waals surface area (Å²) >= 11 is 6.41. The molecule has 3 nitrogen and oxygen atoms in total. The predicted octanol–water partition coefficient (Wildman–Crippen LogP) is 3.78. The molecule has 0 saturated carbocycles. The molecule has 0 spiro atoms. The number of esters is 1. The van der Waals surface area contributed by atoms with Gasteiger partial charge in [-0.2, -0.15) is 0 Å². The normalized spacial score (nSPS) is 10.8. The Bertz CT molecular complexity index is 441. The average molecular weight is 387 g/mol. The van der Waals surface area contributed by atoms with Gasteiger partial charge in [0.25, 0.3) is 6.43 Å². The Balaban J connectivity index is 3.15. The Morgan fingerprint density at radius 1 is 1.56 bits per heavy atom. The van der Waals surface area contributed by atoms with Crippen molar-refractivity contribution in [3.63, 3.8) is 0 Å². The van der Waals surface area contributed by atoms with E-state index in [0.29, 0.717) is 15.5 Å². The number of halogens is 4. The van der Waals surface area contributed by atoms with Crippen LogP contribution in [0.3, 0.4) is 0 Å². The van der Waals surface area contributed by atoms with Gasteiger partial charge in [-0.15, -0.1) is 0 Å². The maximum absolute atomic E-state index is 12.9. The lowest BCUT2D eigenvalue weighted by atomic mass is 10.1. The van der Waals surface area contributed by atoms with Gasteiger partial charge in [-0.25, -0.2) is 8.78 Å². The molecule has 0 N–H and O–H groups in total. The second-order valence-corrected chi connectivity index (χ2v) is 4.72. The number of ether oxygens (including phenoxy) is 1. The number of nitrogens with zero attached hydrogens (tertiary/aromatic N) is 1. The highest BCUT2D eigenvalue weighted by atomic mass is 79.9. The van der Waals surface area contributed by atoms with Crippen LogP contribution in [0.4, 0.5) is 8.78 Å². The van der Waals surface area contributed by atoms with Crippen LogP contribution >= 0.6 is 31.9 Å². The highest BCUT2D eigenvalue weighted by Crippen LogP contribution is 2.31. The third kappa shape index (κ3) is 3.71. The van der Waals surface area contributed by atoms with E-state index < -0.39 is 12.4 Å². The van der Waals surface area contributed by atoms with Gasteiger partial charge in [0.15, 0.2) is 0 Å². The lowest BCUT2D eigenvalue weighted by Crippen LogP contribution is -2.11. The zero-order chi connectivity index (χ0) is 13.7. The standard InChI is InChI=1S/C11H11Br2F2NO2/c1-2-18-9(17)3-6-7(11(14)15)5-16-8(4-12)10(6)13/h5,11H,2-4H2,1H3. The largest absolute Gasteiger partial charge is 0.466 e. The zero-order valence-electron chi connectivity index (χ0n) is 9.55. The van der Waals surface area contributed by atoms with Crippen LogP contribution < -0.4 is 0 Å². The van der Waals surface area contributed by atoms with Crippen molar-refractivity contribution in [2.45, 2.75) is 25.1 Å². The summed E-state index contributed by atoms with van der Waals surface area (Å²) in [4.78, 5) is 15.3. The molecule has 1 aromatic rings. The Labute approximate surface area is 120 Å². The van der Waals surface area contributed by atoms with Crippen LogP contribution in [-0.2, 0) is 21.3 Å². The van der Waals surface area contributed by atoms with Gasteiger partial charge in [-0.3, -0.25) is 9.78 Å². The molecule has 1 rings (SSSR count). The minimum absolute atomic E-state index is 0.198. The van der Waals surface area contributed by atoms with E-state index >= 15 is 0 Å². The molecule has 7 heteroatoms. The third-order valence-electron chi connectivity index (χ3n) is 2.21. The number of hydrogen-bond acceptors (Lipinski definition) is 3. The van der Waals surface area contributed by atoms with Crippen LogP contribution in [0.15, 0.2) is 10.7 Å². The summed E-state index contributed by atoms with van der Waals surface area (Å²) in [6.45, 7) is 1.88. The van der Waals surface area contributed by atoms with Crippen molar-refractivity contribution < 1.29 is 18.3 Å². The number of rotatable bonds is 5. The number of aromatic nitrogens is 1. The molecule has 0 aliphatic carbocycles. The highest BCUT2D eigenvalue weighted by molar-refractivity contribution is 9.10. The minimum Gasteiger partial charge on any atom is -0.466 e. The highest BCUT2D eigenvalue weighted by Gasteiger charge is 2.21. The molecule has 0 radical (unpaired) electrons. The molecule has 0 amide bonds. The summed E-state index contributed by atoms with van der Waals surface area (Å²) in [6.07, 6.45) is -1.78. The van der Waals surface area contributed by atoms with Crippen LogP contribution in [-0.4, -0.2) is 17.6 Å². The summed E-state index contributed by atoms with van der Waals surface area (Å²) in [5, 5.41) is 0.410. The van der Waals surface area contributed by atoms with Crippen molar-refractivity contribution in [2.75, 3.05) is 6.61 Å². The number of alkyl halides is 3. The Kier molecular flexibility index (Phi) is 6.14. The summed E-state index contributed by atoms with van der Waals surface area (Å²) < 4.78 is 30.9. The second-order valence-electron chi connectivity index (χ2n) is 3.37. The monoisotopic (exact) mass is 385 g/mol. The van der Waals surface area contributed by atoms with Crippen molar-refractivity contribution in [3.8, 4) is 0 Å². The van der Waals surface area contributed by atoms with Gasteiger partial charge in [0.1, 0.15) is 0 Å². The SMILES string of the molecule is CCOC(=O)Cc1c(C(F)F)cnc(CBr)c1Br. The van der Waals surface area contributed by atoms with Crippen LogP contribution in [0.25, 0.3) is 0 Å². The quantitative estimate of drug-likeness (QED) is 0.571. The number of carbonyl (C=O) groups is 1. The van der Waals surface area contributed by atoms with Crippen molar-refractivity contribution in [3.05, 3.63) is 27.5 Å². The van der Waals surface area contributed by atoms with E-state index in [4.69, 9.17) is 4.74 Å². The fourth-order valence-corrected chi connectivity index (χ4v) is 2.81. The molecule has 0 saturated heterocycles. The first-order chi connectivity index (χ1) is 8.51. The maximum Gasteiger partial charge on any atom is 0.310 e. The van der Waals surface area contributed by atoms with Gasteiger partial charge < -0.3 is 4.74 Å². The van der Waals surface area contributed by atoms with Crippen LogP contribution in [0.2, 0.25) is 0 Å². The summed E-state index contributed by atoms with van der Waals surface area (Å²) in [6, 6.07) is 0. The Morgan fingerprint density at radius 2 is 2.22 bits per heavy atom. The lowest BCUT2D eigenvalue weighted by molar-refractivity contribution is -0.142. The van der Waals surface area contributed by atoms with Gasteiger partial charge in [-0.1, -0.05) is 15.9 Å². The molecule has 1 aromatic heterocycles. The van der Waals surface area contributed by atoms with Crippen molar-refractivity contribution in [1.29, 1.82) is 0 Å². The van der Waals surface area contributed by atoms with Crippen molar-refractivity contribution >= 4 is 37.8 Å². The fraction of sp³-hybridized carbons (Fsp3) is 0.455. The molecule has 0 unspecified atom stereocenters. The zero-order valence-corrected chi connectivity index (χ0v) is 12.7. The van der Waals surface area contributed by atoms with Crippen LogP contribution in [0.1, 0.15) is 30.2 Å². The van der Waals surface area contributed by atoms with Gasteiger partial charge >= 0.3 is 5.97 Å². The molecule has 0 aliphatic heterocycles. The first kappa shape index (κ1) is 15.5. The predicted molar refractivity (Wildman–Crippen MR) is 69.9 cm³/mol. The topological polar surface area (TPSA) is 39.2 Å². The smallest absolute Gasteiger partial charge is 0.310 e. The molecule has 100 valence electrons. The van der Waals surface area contributed by atoms with Gasteiger partial charge in [0.2, 0.25) is 0 Å². The van der Waals surface area contributed by atoms with E-state index in [1.165, 1.54) is 0 Å². The van der Waals surface area contributed by atoms with E-state index in [0.717, 1.165) is 6.20 Å². The molecule has 0 aliphatic rings. The number of hydrogen-bond donors (Lipinski definition) is 0. The lowest BCUT2D eigenvalue weighted by Gasteiger charge is -2.12. The van der Waals surface area contributed by atoms with Crippen molar-refractivity contribution in [2.24, 2.45) is 0 Å².